The highest BCUT2D eigenvalue weighted by molar-refractivity contribution is 5.69. The SMILES string of the molecule is CCC(CC1C=CCO1)C(=O)O. The van der Waals surface area contributed by atoms with E-state index < -0.39 is 5.97 Å². The van der Waals surface area contributed by atoms with Gasteiger partial charge in [0.05, 0.1) is 18.6 Å². The minimum atomic E-state index is -0.721. The molecular formula is C9H14O3. The van der Waals surface area contributed by atoms with Crippen LogP contribution in [0.4, 0.5) is 0 Å². The lowest BCUT2D eigenvalue weighted by Gasteiger charge is -2.13. The van der Waals surface area contributed by atoms with Crippen LogP contribution in [-0.2, 0) is 9.53 Å². The van der Waals surface area contributed by atoms with Gasteiger partial charge in [-0.2, -0.15) is 0 Å². The molecule has 68 valence electrons. The maximum absolute atomic E-state index is 10.6. The van der Waals surface area contributed by atoms with Gasteiger partial charge in [0, 0.05) is 0 Å². The third kappa shape index (κ3) is 2.34. The lowest BCUT2D eigenvalue weighted by Crippen LogP contribution is -2.19. The Morgan fingerprint density at radius 3 is 3.00 bits per heavy atom. The van der Waals surface area contributed by atoms with E-state index in [1.165, 1.54) is 0 Å². The Bertz CT molecular complexity index is 186. The number of carbonyl (C=O) groups is 1. The summed E-state index contributed by atoms with van der Waals surface area (Å²) < 4.78 is 5.26. The summed E-state index contributed by atoms with van der Waals surface area (Å²) in [4.78, 5) is 10.6. The van der Waals surface area contributed by atoms with E-state index >= 15 is 0 Å². The van der Waals surface area contributed by atoms with Crippen LogP contribution in [0, 0.1) is 5.92 Å². The summed E-state index contributed by atoms with van der Waals surface area (Å²) in [5.74, 6) is -0.987. The van der Waals surface area contributed by atoms with E-state index in [0.717, 1.165) is 0 Å². The first-order valence-corrected chi connectivity index (χ1v) is 4.25. The maximum atomic E-state index is 10.6. The Hall–Kier alpha value is -0.830. The van der Waals surface area contributed by atoms with Crippen molar-refractivity contribution in [1.82, 2.24) is 0 Å². The van der Waals surface area contributed by atoms with E-state index in [2.05, 4.69) is 0 Å². The highest BCUT2D eigenvalue weighted by Gasteiger charge is 2.21. The molecule has 0 saturated carbocycles. The van der Waals surface area contributed by atoms with Crippen LogP contribution in [0.25, 0.3) is 0 Å². The molecule has 3 nitrogen and oxygen atoms in total. The van der Waals surface area contributed by atoms with E-state index in [-0.39, 0.29) is 12.0 Å². The molecule has 1 N–H and O–H groups in total. The molecule has 2 atom stereocenters. The van der Waals surface area contributed by atoms with Crippen LogP contribution in [0.3, 0.4) is 0 Å². The minimum absolute atomic E-state index is 0.0195. The normalized spacial score (nSPS) is 24.2. The smallest absolute Gasteiger partial charge is 0.306 e. The first-order chi connectivity index (χ1) is 5.74. The standard InChI is InChI=1S/C9H14O3/c1-2-7(9(10)11)6-8-4-3-5-12-8/h3-4,7-8H,2,5-6H2,1H3,(H,10,11). The van der Waals surface area contributed by atoms with Crippen molar-refractivity contribution in [2.45, 2.75) is 25.9 Å². The fraction of sp³-hybridized carbons (Fsp3) is 0.667. The third-order valence-corrected chi connectivity index (χ3v) is 2.12. The van der Waals surface area contributed by atoms with Crippen LogP contribution >= 0.6 is 0 Å². The lowest BCUT2D eigenvalue weighted by molar-refractivity contribution is -0.142. The number of rotatable bonds is 4. The van der Waals surface area contributed by atoms with E-state index in [9.17, 15) is 4.79 Å². The van der Waals surface area contributed by atoms with Crippen LogP contribution < -0.4 is 0 Å². The molecule has 1 aliphatic heterocycles. The molecule has 0 saturated heterocycles. The van der Waals surface area contributed by atoms with Gasteiger partial charge in [0.1, 0.15) is 0 Å². The van der Waals surface area contributed by atoms with Crippen LogP contribution in [0.1, 0.15) is 19.8 Å². The summed E-state index contributed by atoms with van der Waals surface area (Å²) in [6.45, 7) is 2.51. The highest BCUT2D eigenvalue weighted by atomic mass is 16.5. The van der Waals surface area contributed by atoms with Crippen LogP contribution in [0.2, 0.25) is 0 Å². The zero-order chi connectivity index (χ0) is 8.97. The molecule has 1 aliphatic rings. The Balaban J connectivity index is 2.36. The number of hydrogen-bond acceptors (Lipinski definition) is 2. The predicted molar refractivity (Wildman–Crippen MR) is 44.9 cm³/mol. The fourth-order valence-corrected chi connectivity index (χ4v) is 1.31. The minimum Gasteiger partial charge on any atom is -0.481 e. The van der Waals surface area contributed by atoms with Gasteiger partial charge in [-0.05, 0) is 12.8 Å². The van der Waals surface area contributed by atoms with Gasteiger partial charge >= 0.3 is 5.97 Å². The summed E-state index contributed by atoms with van der Waals surface area (Å²) in [6.07, 6.45) is 5.15. The zero-order valence-electron chi connectivity index (χ0n) is 7.19. The highest BCUT2D eigenvalue weighted by Crippen LogP contribution is 2.17. The van der Waals surface area contributed by atoms with Crippen LogP contribution in [0.15, 0.2) is 12.2 Å². The Labute approximate surface area is 72.0 Å². The number of carboxylic acid groups (broad SMARTS) is 1. The Kier molecular flexibility index (Phi) is 3.29. The molecule has 1 rings (SSSR count). The molecule has 0 aliphatic carbocycles. The van der Waals surface area contributed by atoms with E-state index in [0.29, 0.717) is 19.4 Å². The predicted octanol–water partition coefficient (Wildman–Crippen LogP) is 1.44. The molecule has 0 radical (unpaired) electrons. The summed E-state index contributed by atoms with van der Waals surface area (Å²) in [5, 5.41) is 8.75. The fourth-order valence-electron chi connectivity index (χ4n) is 1.31. The topological polar surface area (TPSA) is 46.5 Å². The molecule has 0 amide bonds. The molecule has 12 heavy (non-hydrogen) atoms. The van der Waals surface area contributed by atoms with Crippen molar-refractivity contribution in [3.63, 3.8) is 0 Å². The maximum Gasteiger partial charge on any atom is 0.306 e. The van der Waals surface area contributed by atoms with Gasteiger partial charge < -0.3 is 9.84 Å². The Morgan fingerprint density at radius 2 is 2.58 bits per heavy atom. The van der Waals surface area contributed by atoms with E-state index in [1.54, 1.807) is 0 Å². The van der Waals surface area contributed by atoms with Crippen molar-refractivity contribution < 1.29 is 14.6 Å². The first-order valence-electron chi connectivity index (χ1n) is 4.25. The molecule has 0 spiro atoms. The summed E-state index contributed by atoms with van der Waals surface area (Å²) in [7, 11) is 0. The number of carboxylic acids is 1. The molecule has 0 fully saturated rings. The van der Waals surface area contributed by atoms with Crippen LogP contribution in [0.5, 0.6) is 0 Å². The van der Waals surface area contributed by atoms with Crippen molar-refractivity contribution in [3.05, 3.63) is 12.2 Å². The largest absolute Gasteiger partial charge is 0.481 e. The van der Waals surface area contributed by atoms with Crippen molar-refractivity contribution >= 4 is 5.97 Å². The first kappa shape index (κ1) is 9.26. The van der Waals surface area contributed by atoms with Gasteiger partial charge in [-0.25, -0.2) is 0 Å². The quantitative estimate of drug-likeness (QED) is 0.649. The molecule has 1 heterocycles. The molecule has 0 bridgehead atoms. The molecule has 0 aromatic rings. The third-order valence-electron chi connectivity index (χ3n) is 2.12. The van der Waals surface area contributed by atoms with Gasteiger partial charge in [0.25, 0.3) is 0 Å². The average Bonchev–Trinajstić information content (AvgIpc) is 2.51. The summed E-state index contributed by atoms with van der Waals surface area (Å²) >= 11 is 0. The number of hydrogen-bond donors (Lipinski definition) is 1. The summed E-state index contributed by atoms with van der Waals surface area (Å²) in [6, 6.07) is 0. The molecule has 0 aromatic heterocycles. The van der Waals surface area contributed by atoms with Gasteiger partial charge in [0.2, 0.25) is 0 Å². The monoisotopic (exact) mass is 170 g/mol. The van der Waals surface area contributed by atoms with Gasteiger partial charge in [-0.1, -0.05) is 19.1 Å². The lowest BCUT2D eigenvalue weighted by atomic mass is 9.99. The second kappa shape index (κ2) is 4.26. The molecule has 3 heteroatoms. The van der Waals surface area contributed by atoms with Gasteiger partial charge in [0.15, 0.2) is 0 Å². The number of aliphatic carboxylic acids is 1. The number of ether oxygens (including phenoxy) is 1. The van der Waals surface area contributed by atoms with Gasteiger partial charge in [-0.15, -0.1) is 0 Å². The second-order valence-corrected chi connectivity index (χ2v) is 2.98. The van der Waals surface area contributed by atoms with Crippen LogP contribution in [-0.4, -0.2) is 23.8 Å². The van der Waals surface area contributed by atoms with Gasteiger partial charge in [-0.3, -0.25) is 4.79 Å². The molecule has 0 aromatic carbocycles. The zero-order valence-corrected chi connectivity index (χ0v) is 7.19. The molecular weight excluding hydrogens is 156 g/mol. The van der Waals surface area contributed by atoms with Crippen molar-refractivity contribution in [1.29, 1.82) is 0 Å². The van der Waals surface area contributed by atoms with Crippen molar-refractivity contribution in [2.24, 2.45) is 5.92 Å². The Morgan fingerprint density at radius 1 is 1.83 bits per heavy atom. The summed E-state index contributed by atoms with van der Waals surface area (Å²) in [5.41, 5.74) is 0. The van der Waals surface area contributed by atoms with E-state index in [4.69, 9.17) is 9.84 Å². The molecule has 2 unspecified atom stereocenters. The van der Waals surface area contributed by atoms with E-state index in [1.807, 2.05) is 19.1 Å². The van der Waals surface area contributed by atoms with Crippen molar-refractivity contribution in [2.75, 3.05) is 6.61 Å². The average molecular weight is 170 g/mol. The second-order valence-electron chi connectivity index (χ2n) is 2.98. The van der Waals surface area contributed by atoms with Crippen molar-refractivity contribution in [3.8, 4) is 0 Å².